The van der Waals surface area contributed by atoms with E-state index in [-0.39, 0.29) is 17.5 Å². The number of fused-ring (bicyclic) bond motifs is 7. The van der Waals surface area contributed by atoms with Crippen LogP contribution in [0.25, 0.3) is 5.57 Å². The number of hydrogen-bond donors (Lipinski definition) is 0. The molecule has 4 aliphatic carbocycles. The molecule has 4 nitrogen and oxygen atoms in total. The van der Waals surface area contributed by atoms with E-state index in [0.717, 1.165) is 78.0 Å². The molecule has 6 aliphatic rings. The van der Waals surface area contributed by atoms with Crippen molar-refractivity contribution in [2.24, 2.45) is 40.4 Å². The highest BCUT2D eigenvalue weighted by Gasteiger charge is 2.60. The van der Waals surface area contributed by atoms with Crippen LogP contribution in [0.5, 0.6) is 0 Å². The van der Waals surface area contributed by atoms with Crippen LogP contribution >= 0.6 is 0 Å². The zero-order chi connectivity index (χ0) is 32.2. The molecular weight excluding hydrogens is 565 g/mol. The third-order valence-corrected chi connectivity index (χ3v) is 14.0. The van der Waals surface area contributed by atoms with Gasteiger partial charge in [-0.3, -0.25) is 4.79 Å². The van der Waals surface area contributed by atoms with Gasteiger partial charge in [-0.15, -0.1) is 0 Å². The van der Waals surface area contributed by atoms with Crippen LogP contribution in [0.15, 0.2) is 35.1 Å². The lowest BCUT2D eigenvalue weighted by Gasteiger charge is -2.58. The summed E-state index contributed by atoms with van der Waals surface area (Å²) < 4.78 is 40.5. The topological polar surface area (TPSA) is 34.2 Å². The second-order valence-electron chi connectivity index (χ2n) is 16.4. The van der Waals surface area contributed by atoms with Crippen molar-refractivity contribution >= 4 is 24.2 Å². The van der Waals surface area contributed by atoms with Gasteiger partial charge < -0.3 is 22.3 Å². The van der Waals surface area contributed by atoms with Gasteiger partial charge in [0.1, 0.15) is 11.8 Å². The summed E-state index contributed by atoms with van der Waals surface area (Å²) in [5.41, 5.74) is 7.98. The van der Waals surface area contributed by atoms with Crippen molar-refractivity contribution in [2.45, 2.75) is 126 Å². The Morgan fingerprint density at radius 1 is 1.11 bits per heavy atom. The molecule has 244 valence electrons. The number of aromatic nitrogens is 1. The third kappa shape index (κ3) is 4.48. The van der Waals surface area contributed by atoms with Crippen LogP contribution in [0.3, 0.4) is 0 Å². The Hall–Kier alpha value is -2.44. The molecular formula is C38H53BF2N2O2. The number of halogens is 2. The molecule has 7 heteroatoms. The first kappa shape index (κ1) is 31.2. The average molecular weight is 619 g/mol. The Balaban J connectivity index is 1.12. The molecule has 0 spiro atoms. The first-order chi connectivity index (χ1) is 21.2. The fourth-order valence-corrected chi connectivity index (χ4v) is 12.2. The summed E-state index contributed by atoms with van der Waals surface area (Å²) >= 11 is 0. The monoisotopic (exact) mass is 618 g/mol. The molecule has 3 saturated carbocycles. The predicted octanol–water partition coefficient (Wildman–Crippen LogP) is 9.41. The summed E-state index contributed by atoms with van der Waals surface area (Å²) in [5.74, 6) is 3.26. The number of rotatable bonds is 5. The first-order valence-corrected chi connectivity index (χ1v) is 17.8. The van der Waals surface area contributed by atoms with Crippen LogP contribution in [-0.2, 0) is 9.53 Å². The number of carbonyl (C=O) groups excluding carboxylic acids is 1. The van der Waals surface area contributed by atoms with Gasteiger partial charge in [0.05, 0.1) is 0 Å². The highest BCUT2D eigenvalue weighted by atomic mass is 19.2. The van der Waals surface area contributed by atoms with Gasteiger partial charge >= 0.3 is 12.9 Å². The van der Waals surface area contributed by atoms with E-state index < -0.39 is 6.97 Å². The van der Waals surface area contributed by atoms with E-state index in [1.807, 2.05) is 39.8 Å². The summed E-state index contributed by atoms with van der Waals surface area (Å²) in [7, 11) is 0. The molecule has 0 saturated heterocycles. The predicted molar refractivity (Wildman–Crippen MR) is 178 cm³/mol. The van der Waals surface area contributed by atoms with Crippen LogP contribution < -0.4 is 0 Å². The number of nitrogens with zero attached hydrogens (tertiary/aromatic N) is 2. The molecule has 3 heterocycles. The lowest BCUT2D eigenvalue weighted by Crippen LogP contribution is -2.51. The maximum atomic E-state index is 16.1. The summed E-state index contributed by atoms with van der Waals surface area (Å²) in [5, 5.41) is 0. The number of esters is 1. The quantitative estimate of drug-likeness (QED) is 0.187. The van der Waals surface area contributed by atoms with Crippen LogP contribution in [0.1, 0.15) is 123 Å². The Bertz CT molecular complexity index is 1580. The van der Waals surface area contributed by atoms with Crippen molar-refractivity contribution in [3.8, 4) is 0 Å². The fraction of sp³-hybridized carbons (Fsp3) is 0.684. The highest BCUT2D eigenvalue weighted by Crippen LogP contribution is 2.67. The number of carbonyl (C=O) groups is 1. The normalized spacial score (nSPS) is 37.2. The second-order valence-corrected chi connectivity index (χ2v) is 16.4. The van der Waals surface area contributed by atoms with Crippen molar-refractivity contribution < 1.29 is 22.6 Å². The molecule has 1 aromatic heterocycles. The minimum Gasteiger partial charge on any atom is -0.462 e. The SMILES string of the molecule is CC(=O)O[C@H]1CC[C@@]2(C)C(=CC[C@H]3[C@@H]4CC[C@H]([C@H](C)CCC5=C6C(C)=CC(C)=[N+]6[B-](F)(F)n6c(C)cc(C)c65)[C@@]4(C)CC[C@@H]32)C1. The van der Waals surface area contributed by atoms with E-state index in [4.69, 9.17) is 4.74 Å². The Morgan fingerprint density at radius 3 is 2.60 bits per heavy atom. The summed E-state index contributed by atoms with van der Waals surface area (Å²) in [6.45, 7) is 12.9. The summed E-state index contributed by atoms with van der Waals surface area (Å²) in [4.78, 5) is 11.7. The molecule has 8 atom stereocenters. The largest absolute Gasteiger partial charge is 0.737 e. The third-order valence-electron chi connectivity index (χ3n) is 14.0. The van der Waals surface area contributed by atoms with Crippen molar-refractivity contribution in [3.63, 3.8) is 0 Å². The van der Waals surface area contributed by atoms with Crippen molar-refractivity contribution in [2.75, 3.05) is 0 Å². The van der Waals surface area contributed by atoms with E-state index in [1.165, 1.54) is 48.0 Å². The number of allylic oxidation sites excluding steroid dienone is 4. The van der Waals surface area contributed by atoms with Gasteiger partial charge in [-0.25, -0.2) is 0 Å². The lowest BCUT2D eigenvalue weighted by atomic mass is 9.47. The molecule has 45 heavy (non-hydrogen) atoms. The first-order valence-electron chi connectivity index (χ1n) is 17.8. The van der Waals surface area contributed by atoms with Crippen molar-refractivity contribution in [1.29, 1.82) is 0 Å². The van der Waals surface area contributed by atoms with Gasteiger partial charge in [0.15, 0.2) is 5.70 Å². The number of aryl methyl sites for hydroxylation is 2. The molecule has 0 N–H and O–H groups in total. The smallest absolute Gasteiger partial charge is 0.462 e. The maximum Gasteiger partial charge on any atom is 0.737 e. The van der Waals surface area contributed by atoms with Crippen LogP contribution in [0, 0.1) is 54.3 Å². The molecule has 1 aromatic rings. The maximum absolute atomic E-state index is 16.1. The van der Waals surface area contributed by atoms with Gasteiger partial charge in [0.25, 0.3) is 0 Å². The number of hydrogen-bond acceptors (Lipinski definition) is 2. The highest BCUT2D eigenvalue weighted by molar-refractivity contribution is 6.58. The molecule has 3 fully saturated rings. The molecule has 0 radical (unpaired) electrons. The minimum atomic E-state index is -3.91. The molecule has 0 aromatic carbocycles. The van der Waals surface area contributed by atoms with E-state index >= 15 is 8.63 Å². The number of ether oxygens (including phenoxy) is 1. The van der Waals surface area contributed by atoms with Gasteiger partial charge in [-0.1, -0.05) is 32.4 Å². The van der Waals surface area contributed by atoms with E-state index in [1.54, 1.807) is 5.57 Å². The molecule has 0 amide bonds. The standard InChI is InChI=1S/C38H53BF2N2O2/c1-22(9-11-31-35-23(2)19-25(4)42(35)39(40,41)43-26(5)20-24(3)36(31)43)32-13-14-33-30-12-10-28-21-29(45-27(6)44)15-17-37(28,7)34(30)16-18-38(32,33)8/h10,19-20,22,29-30,32-34H,9,11-18,21H2,1-8H3/t22-,29+,30+,32-,33+,34+,37+,38-/m1/s1. The second kappa shape index (κ2) is 10.5. The Kier molecular flexibility index (Phi) is 7.30. The summed E-state index contributed by atoms with van der Waals surface area (Å²) in [6.07, 6.45) is 15.8. The molecule has 7 rings (SSSR count). The Morgan fingerprint density at radius 2 is 1.87 bits per heavy atom. The fourth-order valence-electron chi connectivity index (χ4n) is 12.2. The molecule has 0 unspecified atom stereocenters. The lowest BCUT2D eigenvalue weighted by molar-refractivity contribution is -0.363. The molecule has 2 aliphatic heterocycles. The van der Waals surface area contributed by atoms with Crippen LogP contribution in [0.2, 0.25) is 0 Å². The van der Waals surface area contributed by atoms with Crippen LogP contribution in [-0.4, -0.2) is 33.7 Å². The van der Waals surface area contributed by atoms with Gasteiger partial charge in [0.2, 0.25) is 0 Å². The zero-order valence-electron chi connectivity index (χ0n) is 28.8. The zero-order valence-corrected chi connectivity index (χ0v) is 28.8. The van der Waals surface area contributed by atoms with Gasteiger partial charge in [-0.2, -0.15) is 0 Å². The van der Waals surface area contributed by atoms with Gasteiger partial charge in [-0.05, 0) is 136 Å². The minimum absolute atomic E-state index is 0.0457. The Labute approximate surface area is 269 Å². The van der Waals surface area contributed by atoms with Crippen LogP contribution in [0.4, 0.5) is 8.63 Å². The van der Waals surface area contributed by atoms with Crippen molar-refractivity contribution in [1.82, 2.24) is 4.48 Å². The van der Waals surface area contributed by atoms with E-state index in [9.17, 15) is 4.79 Å². The summed E-state index contributed by atoms with van der Waals surface area (Å²) in [6, 6.07) is 1.94. The average Bonchev–Trinajstić information content (AvgIpc) is 3.58. The van der Waals surface area contributed by atoms with Crippen molar-refractivity contribution in [3.05, 3.63) is 52.0 Å². The van der Waals surface area contributed by atoms with Gasteiger partial charge in [0, 0.05) is 43.2 Å². The van der Waals surface area contributed by atoms with E-state index in [2.05, 4.69) is 26.8 Å². The molecule has 0 bridgehead atoms. The van der Waals surface area contributed by atoms with E-state index in [0.29, 0.717) is 28.7 Å².